The van der Waals surface area contributed by atoms with E-state index < -0.39 is 20.0 Å². The van der Waals surface area contributed by atoms with Crippen LogP contribution in [0.4, 0.5) is 17.3 Å². The summed E-state index contributed by atoms with van der Waals surface area (Å²) < 4.78 is 55.2. The van der Waals surface area contributed by atoms with Gasteiger partial charge in [-0.05, 0) is 68.1 Å². The molecule has 10 nitrogen and oxygen atoms in total. The number of nitrogens with one attached hydrogen (secondary N) is 2. The van der Waals surface area contributed by atoms with Gasteiger partial charge >= 0.3 is 0 Å². The van der Waals surface area contributed by atoms with Crippen LogP contribution in [0, 0.1) is 13.8 Å². The average Bonchev–Trinajstić information content (AvgIpc) is 3.06. The summed E-state index contributed by atoms with van der Waals surface area (Å²) >= 11 is 0. The number of anilines is 3. The summed E-state index contributed by atoms with van der Waals surface area (Å²) in [5, 5.41) is 4.28. The van der Waals surface area contributed by atoms with E-state index >= 15 is 0 Å². The molecule has 0 aliphatic carbocycles. The highest BCUT2D eigenvalue weighted by atomic mass is 32.2. The smallest absolute Gasteiger partial charge is 0.265 e. The molecule has 1 aliphatic heterocycles. The number of hydrogen-bond donors (Lipinski definition) is 2. The molecule has 0 spiro atoms. The summed E-state index contributed by atoms with van der Waals surface area (Å²) in [6.07, 6.45) is 0.395. The molecule has 5 rings (SSSR count). The highest BCUT2D eigenvalue weighted by Gasteiger charge is 2.35. The van der Waals surface area contributed by atoms with Crippen molar-refractivity contribution in [3.05, 3.63) is 78.1 Å². The maximum Gasteiger partial charge on any atom is 0.265 e. The second kappa shape index (κ2) is 9.69. The molecule has 12 heteroatoms. The fourth-order valence-electron chi connectivity index (χ4n) is 4.47. The van der Waals surface area contributed by atoms with Crippen LogP contribution < -0.4 is 14.3 Å². The third kappa shape index (κ3) is 4.92. The van der Waals surface area contributed by atoms with Crippen molar-refractivity contribution in [1.29, 1.82) is 0 Å². The minimum atomic E-state index is -3.92. The summed E-state index contributed by atoms with van der Waals surface area (Å²) in [5.41, 5.74) is 2.31. The topological polar surface area (TPSA) is 138 Å². The van der Waals surface area contributed by atoms with Crippen LogP contribution >= 0.6 is 0 Å². The first kappa shape index (κ1) is 25.6. The van der Waals surface area contributed by atoms with Gasteiger partial charge in [0.15, 0.2) is 0 Å². The number of nitrogens with zero attached hydrogens (tertiary/aromatic N) is 3. The molecule has 0 fully saturated rings. The lowest BCUT2D eigenvalue weighted by Gasteiger charge is -2.18. The Morgan fingerprint density at radius 3 is 2.29 bits per heavy atom. The van der Waals surface area contributed by atoms with Gasteiger partial charge in [-0.3, -0.25) is 9.10 Å². The highest BCUT2D eigenvalue weighted by molar-refractivity contribution is 7.93. The Labute approximate surface area is 220 Å². The number of amides is 1. The number of carbonyl (C=O) groups is 1. The van der Waals surface area contributed by atoms with E-state index in [4.69, 9.17) is 0 Å². The van der Waals surface area contributed by atoms with E-state index in [0.717, 1.165) is 5.39 Å². The van der Waals surface area contributed by atoms with E-state index in [1.165, 1.54) is 28.6 Å². The van der Waals surface area contributed by atoms with Crippen molar-refractivity contribution >= 4 is 54.0 Å². The molecule has 0 atom stereocenters. The van der Waals surface area contributed by atoms with Gasteiger partial charge in [-0.2, -0.15) is 0 Å². The van der Waals surface area contributed by atoms with Crippen molar-refractivity contribution in [2.75, 3.05) is 20.9 Å². The largest absolute Gasteiger partial charge is 0.326 e. The van der Waals surface area contributed by atoms with Crippen molar-refractivity contribution in [1.82, 2.24) is 9.97 Å². The van der Waals surface area contributed by atoms with Gasteiger partial charge in [0.25, 0.3) is 20.0 Å². The Balaban J connectivity index is 1.19. The van der Waals surface area contributed by atoms with Gasteiger partial charge in [-0.15, -0.1) is 0 Å². The van der Waals surface area contributed by atoms with E-state index in [1.807, 2.05) is 18.2 Å². The molecule has 0 unspecified atom stereocenters. The minimum Gasteiger partial charge on any atom is -0.326 e. The van der Waals surface area contributed by atoms with E-state index in [1.54, 1.807) is 38.1 Å². The molecule has 196 valence electrons. The van der Waals surface area contributed by atoms with Crippen LogP contribution in [0.15, 0.2) is 76.5 Å². The molecule has 0 bridgehead atoms. The molecule has 1 amide bonds. The highest BCUT2D eigenvalue weighted by Crippen LogP contribution is 2.42. The van der Waals surface area contributed by atoms with Crippen molar-refractivity contribution in [2.45, 2.75) is 36.5 Å². The van der Waals surface area contributed by atoms with Gasteiger partial charge in [-0.25, -0.2) is 31.5 Å². The standard InChI is InChI=1S/C26H25N5O5S2/c1-17-16-18(2)28-26(27-17)30-37(33,34)21-13-11-20(12-14-21)29-24(32)10-5-15-31-22-8-3-6-19-7-4-9-23(25(19)22)38(31,35)36/h3-4,6-9,11-14,16H,5,10,15H2,1-2H3,(H,29,32)(H,27,28,30). The third-order valence-electron chi connectivity index (χ3n) is 6.10. The van der Waals surface area contributed by atoms with Gasteiger partial charge < -0.3 is 5.32 Å². The van der Waals surface area contributed by atoms with Gasteiger partial charge in [-0.1, -0.05) is 24.3 Å². The molecule has 0 radical (unpaired) electrons. The Hall–Kier alpha value is -4.03. The Morgan fingerprint density at radius 2 is 1.61 bits per heavy atom. The van der Waals surface area contributed by atoms with Crippen molar-refractivity contribution in [3.63, 3.8) is 0 Å². The first-order valence-corrected chi connectivity index (χ1v) is 14.8. The number of aryl methyl sites for hydroxylation is 2. The second-order valence-electron chi connectivity index (χ2n) is 8.96. The summed E-state index contributed by atoms with van der Waals surface area (Å²) in [5.74, 6) is -0.325. The van der Waals surface area contributed by atoms with Crippen molar-refractivity contribution in [2.24, 2.45) is 0 Å². The molecule has 0 saturated carbocycles. The molecule has 2 heterocycles. The normalized spacial score (nSPS) is 14.0. The lowest BCUT2D eigenvalue weighted by molar-refractivity contribution is -0.116. The molecule has 4 aromatic rings. The predicted octanol–water partition coefficient (Wildman–Crippen LogP) is 3.98. The van der Waals surface area contributed by atoms with Crippen LogP contribution in [0.5, 0.6) is 0 Å². The Kier molecular flexibility index (Phi) is 6.53. The van der Waals surface area contributed by atoms with Crippen LogP contribution in [-0.4, -0.2) is 39.3 Å². The number of rotatable bonds is 8. The number of aromatic nitrogens is 2. The molecular formula is C26H25N5O5S2. The molecule has 2 N–H and O–H groups in total. The fourth-order valence-corrected chi connectivity index (χ4v) is 7.17. The lowest BCUT2D eigenvalue weighted by atomic mass is 10.1. The molecule has 3 aromatic carbocycles. The lowest BCUT2D eigenvalue weighted by Crippen LogP contribution is -2.28. The van der Waals surface area contributed by atoms with Gasteiger partial charge in [0.05, 0.1) is 15.5 Å². The third-order valence-corrected chi connectivity index (χ3v) is 9.30. The number of benzene rings is 3. The van der Waals surface area contributed by atoms with Crippen LogP contribution in [-0.2, 0) is 24.8 Å². The zero-order valence-electron chi connectivity index (χ0n) is 20.7. The monoisotopic (exact) mass is 551 g/mol. The molecule has 0 saturated heterocycles. The van der Waals surface area contributed by atoms with Gasteiger partial charge in [0, 0.05) is 35.4 Å². The first-order chi connectivity index (χ1) is 18.0. The summed E-state index contributed by atoms with van der Waals surface area (Å²) in [6.45, 7) is 3.65. The van der Waals surface area contributed by atoms with Crippen molar-refractivity contribution in [3.8, 4) is 0 Å². The van der Waals surface area contributed by atoms with Crippen LogP contribution in [0.3, 0.4) is 0 Å². The maximum absolute atomic E-state index is 13.1. The second-order valence-corrected chi connectivity index (χ2v) is 12.5. The fraction of sp³-hybridized carbons (Fsp3) is 0.192. The van der Waals surface area contributed by atoms with E-state index in [2.05, 4.69) is 20.0 Å². The number of hydrogen-bond acceptors (Lipinski definition) is 7. The average molecular weight is 552 g/mol. The number of carbonyl (C=O) groups excluding carboxylic acids is 1. The minimum absolute atomic E-state index is 0.00811. The van der Waals surface area contributed by atoms with Gasteiger partial charge in [0.1, 0.15) is 0 Å². The van der Waals surface area contributed by atoms with Crippen LogP contribution in [0.25, 0.3) is 10.8 Å². The first-order valence-electron chi connectivity index (χ1n) is 11.8. The van der Waals surface area contributed by atoms with E-state index in [0.29, 0.717) is 34.6 Å². The van der Waals surface area contributed by atoms with Gasteiger partial charge in [0.2, 0.25) is 11.9 Å². The SMILES string of the molecule is Cc1cc(C)nc(NS(=O)(=O)c2ccc(NC(=O)CCCN3c4cccc5cccc(c45)S3(=O)=O)cc2)n1. The Bertz CT molecular complexity index is 1750. The summed E-state index contributed by atoms with van der Waals surface area (Å²) in [7, 11) is -7.59. The molecule has 1 aliphatic rings. The van der Waals surface area contributed by atoms with E-state index in [-0.39, 0.29) is 34.6 Å². The van der Waals surface area contributed by atoms with Crippen LogP contribution in [0.2, 0.25) is 0 Å². The van der Waals surface area contributed by atoms with E-state index in [9.17, 15) is 21.6 Å². The van der Waals surface area contributed by atoms with Crippen molar-refractivity contribution < 1.29 is 21.6 Å². The molecular weight excluding hydrogens is 526 g/mol. The zero-order valence-corrected chi connectivity index (χ0v) is 22.3. The maximum atomic E-state index is 13.1. The zero-order chi connectivity index (χ0) is 27.1. The predicted molar refractivity (Wildman–Crippen MR) is 145 cm³/mol. The molecule has 38 heavy (non-hydrogen) atoms. The number of sulfonamides is 2. The quantitative estimate of drug-likeness (QED) is 0.338. The Morgan fingerprint density at radius 1 is 0.947 bits per heavy atom. The molecule has 1 aromatic heterocycles. The summed E-state index contributed by atoms with van der Waals surface area (Å²) in [6, 6.07) is 18.1. The summed E-state index contributed by atoms with van der Waals surface area (Å²) in [4.78, 5) is 21.0. The van der Waals surface area contributed by atoms with Crippen LogP contribution in [0.1, 0.15) is 24.2 Å².